The summed E-state index contributed by atoms with van der Waals surface area (Å²) in [5.74, 6) is -0.174. The lowest BCUT2D eigenvalue weighted by molar-refractivity contribution is 0.571. The second-order valence-electron chi connectivity index (χ2n) is 3.49. The Morgan fingerprint density at radius 1 is 1.38 bits per heavy atom. The molecule has 0 spiro atoms. The first kappa shape index (κ1) is 10.2. The molecule has 0 aliphatic rings. The Labute approximate surface area is 78.8 Å². The highest BCUT2D eigenvalue weighted by molar-refractivity contribution is 5.34. The highest BCUT2D eigenvalue weighted by Gasteiger charge is 2.12. The molecule has 0 aliphatic heterocycles. The summed E-state index contributed by atoms with van der Waals surface area (Å²) < 4.78 is 13.5. The average molecular weight is 181 g/mol. The van der Waals surface area contributed by atoms with Gasteiger partial charge in [0.1, 0.15) is 5.82 Å². The van der Waals surface area contributed by atoms with Gasteiger partial charge >= 0.3 is 0 Å². The second-order valence-corrected chi connectivity index (χ2v) is 3.49. The van der Waals surface area contributed by atoms with Crippen molar-refractivity contribution in [2.24, 2.45) is 5.73 Å². The predicted octanol–water partition coefficient (Wildman–Crippen LogP) is 2.85. The first-order valence-electron chi connectivity index (χ1n) is 4.58. The van der Waals surface area contributed by atoms with Gasteiger partial charge in [0.2, 0.25) is 0 Å². The monoisotopic (exact) mass is 181 g/mol. The van der Waals surface area contributed by atoms with E-state index in [9.17, 15) is 4.39 Å². The van der Waals surface area contributed by atoms with E-state index in [0.717, 1.165) is 17.5 Å². The van der Waals surface area contributed by atoms with Gasteiger partial charge in [0.05, 0.1) is 0 Å². The summed E-state index contributed by atoms with van der Waals surface area (Å²) in [7, 11) is 0. The molecule has 1 atom stereocenters. The van der Waals surface area contributed by atoms with Gasteiger partial charge in [-0.1, -0.05) is 13.0 Å². The standard InChI is InChI=1S/C11H16FN/c1-4-10(13)11-8(3)5-7(2)6-9(11)12/h5-6,10H,4,13H2,1-3H3. The van der Waals surface area contributed by atoms with Gasteiger partial charge in [0.25, 0.3) is 0 Å². The Morgan fingerprint density at radius 2 is 2.00 bits per heavy atom. The zero-order chi connectivity index (χ0) is 10.0. The Kier molecular flexibility index (Phi) is 3.04. The first-order valence-corrected chi connectivity index (χ1v) is 4.58. The van der Waals surface area contributed by atoms with Crippen molar-refractivity contribution in [2.75, 3.05) is 0 Å². The van der Waals surface area contributed by atoms with Crippen LogP contribution in [0.1, 0.15) is 36.1 Å². The van der Waals surface area contributed by atoms with Gasteiger partial charge in [-0.25, -0.2) is 4.39 Å². The van der Waals surface area contributed by atoms with Crippen LogP contribution in [-0.4, -0.2) is 0 Å². The van der Waals surface area contributed by atoms with Gasteiger partial charge in [0, 0.05) is 11.6 Å². The number of hydrogen-bond acceptors (Lipinski definition) is 1. The zero-order valence-corrected chi connectivity index (χ0v) is 8.39. The quantitative estimate of drug-likeness (QED) is 0.746. The minimum absolute atomic E-state index is 0.174. The van der Waals surface area contributed by atoms with Crippen molar-refractivity contribution in [3.8, 4) is 0 Å². The fourth-order valence-corrected chi connectivity index (χ4v) is 1.60. The summed E-state index contributed by atoms with van der Waals surface area (Å²) >= 11 is 0. The molecule has 2 N–H and O–H groups in total. The van der Waals surface area contributed by atoms with Crippen LogP contribution in [0.5, 0.6) is 0 Å². The molecule has 0 aromatic heterocycles. The summed E-state index contributed by atoms with van der Waals surface area (Å²) in [5.41, 5.74) is 8.36. The fraction of sp³-hybridized carbons (Fsp3) is 0.455. The van der Waals surface area contributed by atoms with Gasteiger partial charge < -0.3 is 5.73 Å². The molecule has 0 saturated heterocycles. The highest BCUT2D eigenvalue weighted by atomic mass is 19.1. The van der Waals surface area contributed by atoms with E-state index in [-0.39, 0.29) is 11.9 Å². The number of nitrogens with two attached hydrogens (primary N) is 1. The van der Waals surface area contributed by atoms with Crippen molar-refractivity contribution in [1.29, 1.82) is 0 Å². The van der Waals surface area contributed by atoms with E-state index in [2.05, 4.69) is 0 Å². The molecule has 1 aromatic carbocycles. The molecule has 0 saturated carbocycles. The number of benzene rings is 1. The van der Waals surface area contributed by atoms with Crippen LogP contribution >= 0.6 is 0 Å². The van der Waals surface area contributed by atoms with Gasteiger partial charge in [-0.15, -0.1) is 0 Å². The molecule has 13 heavy (non-hydrogen) atoms. The number of rotatable bonds is 2. The SMILES string of the molecule is CCC(N)c1c(C)cc(C)cc1F. The topological polar surface area (TPSA) is 26.0 Å². The fourth-order valence-electron chi connectivity index (χ4n) is 1.60. The van der Waals surface area contributed by atoms with Crippen molar-refractivity contribution in [3.05, 3.63) is 34.6 Å². The van der Waals surface area contributed by atoms with E-state index in [1.807, 2.05) is 26.8 Å². The minimum Gasteiger partial charge on any atom is -0.324 e. The van der Waals surface area contributed by atoms with Crippen LogP contribution in [0.2, 0.25) is 0 Å². The van der Waals surface area contributed by atoms with Crippen LogP contribution in [0.15, 0.2) is 12.1 Å². The van der Waals surface area contributed by atoms with E-state index in [0.29, 0.717) is 5.56 Å². The van der Waals surface area contributed by atoms with E-state index < -0.39 is 0 Å². The normalized spacial score (nSPS) is 13.0. The number of aryl methyl sites for hydroxylation is 2. The lowest BCUT2D eigenvalue weighted by Gasteiger charge is -2.14. The smallest absolute Gasteiger partial charge is 0.128 e. The van der Waals surface area contributed by atoms with Crippen LogP contribution in [0.4, 0.5) is 4.39 Å². The molecule has 1 aromatic rings. The molecule has 0 heterocycles. The van der Waals surface area contributed by atoms with Crippen molar-refractivity contribution in [1.82, 2.24) is 0 Å². The van der Waals surface area contributed by atoms with Gasteiger partial charge in [0.15, 0.2) is 0 Å². The van der Waals surface area contributed by atoms with Crippen molar-refractivity contribution >= 4 is 0 Å². The summed E-state index contributed by atoms with van der Waals surface area (Å²) in [5, 5.41) is 0. The maximum Gasteiger partial charge on any atom is 0.128 e. The summed E-state index contributed by atoms with van der Waals surface area (Å²) in [6, 6.07) is 3.33. The molecule has 0 bridgehead atoms. The van der Waals surface area contributed by atoms with Crippen molar-refractivity contribution in [3.63, 3.8) is 0 Å². The Hall–Kier alpha value is -0.890. The third-order valence-electron chi connectivity index (χ3n) is 2.29. The zero-order valence-electron chi connectivity index (χ0n) is 8.39. The lowest BCUT2D eigenvalue weighted by atomic mass is 9.97. The maximum absolute atomic E-state index is 13.5. The predicted molar refractivity (Wildman–Crippen MR) is 53.1 cm³/mol. The Balaban J connectivity index is 3.20. The van der Waals surface area contributed by atoms with Gasteiger partial charge in [-0.3, -0.25) is 0 Å². The lowest BCUT2D eigenvalue weighted by Crippen LogP contribution is -2.12. The number of halogens is 1. The van der Waals surface area contributed by atoms with Crippen LogP contribution in [0.3, 0.4) is 0 Å². The molecule has 0 fully saturated rings. The molecule has 0 amide bonds. The average Bonchev–Trinajstić information content (AvgIpc) is 2.02. The molecular formula is C11H16FN. The molecule has 0 aliphatic carbocycles. The molecule has 1 nitrogen and oxygen atoms in total. The van der Waals surface area contributed by atoms with Crippen molar-refractivity contribution < 1.29 is 4.39 Å². The Morgan fingerprint density at radius 3 is 2.46 bits per heavy atom. The maximum atomic E-state index is 13.5. The van der Waals surface area contributed by atoms with E-state index in [4.69, 9.17) is 5.73 Å². The molecule has 0 radical (unpaired) electrons. The van der Waals surface area contributed by atoms with E-state index in [1.54, 1.807) is 0 Å². The first-order chi connectivity index (χ1) is 6.06. The second kappa shape index (κ2) is 3.88. The number of hydrogen-bond donors (Lipinski definition) is 1. The third kappa shape index (κ3) is 2.07. The Bertz CT molecular complexity index is 284. The van der Waals surface area contributed by atoms with Crippen molar-refractivity contribution in [2.45, 2.75) is 33.2 Å². The molecule has 2 heteroatoms. The molecule has 1 rings (SSSR count). The van der Waals surface area contributed by atoms with E-state index >= 15 is 0 Å². The largest absolute Gasteiger partial charge is 0.324 e. The van der Waals surface area contributed by atoms with Crippen LogP contribution in [0.25, 0.3) is 0 Å². The molecule has 72 valence electrons. The summed E-state index contributed by atoms with van der Waals surface area (Å²) in [6.45, 7) is 5.75. The summed E-state index contributed by atoms with van der Waals surface area (Å²) in [4.78, 5) is 0. The van der Waals surface area contributed by atoms with Gasteiger partial charge in [-0.2, -0.15) is 0 Å². The van der Waals surface area contributed by atoms with Crippen LogP contribution in [0, 0.1) is 19.7 Å². The third-order valence-corrected chi connectivity index (χ3v) is 2.29. The minimum atomic E-state index is -0.180. The van der Waals surface area contributed by atoms with Gasteiger partial charge in [-0.05, 0) is 37.5 Å². The molecular weight excluding hydrogens is 165 g/mol. The van der Waals surface area contributed by atoms with Crippen LogP contribution < -0.4 is 5.73 Å². The summed E-state index contributed by atoms with van der Waals surface area (Å²) in [6.07, 6.45) is 0.765. The highest BCUT2D eigenvalue weighted by Crippen LogP contribution is 2.22. The molecule has 1 unspecified atom stereocenters. The van der Waals surface area contributed by atoms with Crippen LogP contribution in [-0.2, 0) is 0 Å². The van der Waals surface area contributed by atoms with E-state index in [1.165, 1.54) is 6.07 Å².